The van der Waals surface area contributed by atoms with Crippen molar-refractivity contribution in [3.8, 4) is 0 Å². The molecule has 0 aliphatic heterocycles. The Morgan fingerprint density at radius 2 is 1.86 bits per heavy atom. The fraction of sp³-hybridized carbons (Fsp3) is 0.818. The molecule has 0 bridgehead atoms. The van der Waals surface area contributed by atoms with E-state index in [1.165, 1.54) is 7.11 Å². The van der Waals surface area contributed by atoms with Gasteiger partial charge in [0.2, 0.25) is 0 Å². The van der Waals surface area contributed by atoms with E-state index in [1.54, 1.807) is 6.92 Å². The van der Waals surface area contributed by atoms with Crippen LogP contribution in [0, 0.1) is 10.8 Å². The van der Waals surface area contributed by atoms with Gasteiger partial charge in [0.15, 0.2) is 5.78 Å². The summed E-state index contributed by atoms with van der Waals surface area (Å²) >= 11 is 0. The molecule has 0 radical (unpaired) electrons. The molecule has 1 atom stereocenters. The van der Waals surface area contributed by atoms with Crippen LogP contribution in [0.25, 0.3) is 0 Å². The van der Waals surface area contributed by atoms with Crippen molar-refractivity contribution in [3.05, 3.63) is 0 Å². The Balaban J connectivity index is 2.99. The van der Waals surface area contributed by atoms with Gasteiger partial charge in [-0.3, -0.25) is 9.59 Å². The summed E-state index contributed by atoms with van der Waals surface area (Å²) in [4.78, 5) is 23.6. The zero-order valence-electron chi connectivity index (χ0n) is 9.35. The van der Waals surface area contributed by atoms with Crippen molar-refractivity contribution < 1.29 is 14.3 Å². The molecule has 0 aromatic carbocycles. The number of carbonyl (C=O) groups excluding carboxylic acids is 2. The lowest BCUT2D eigenvalue weighted by molar-refractivity contribution is -0.163. The van der Waals surface area contributed by atoms with E-state index < -0.39 is 11.4 Å². The third-order valence-electron chi connectivity index (χ3n) is 3.23. The van der Waals surface area contributed by atoms with E-state index in [0.29, 0.717) is 6.42 Å². The number of ketones is 1. The maximum atomic E-state index is 12.1. The number of hydrogen-bond donors (Lipinski definition) is 0. The van der Waals surface area contributed by atoms with E-state index in [4.69, 9.17) is 4.74 Å². The highest BCUT2D eigenvalue weighted by Crippen LogP contribution is 2.43. The van der Waals surface area contributed by atoms with Gasteiger partial charge in [-0.1, -0.05) is 20.3 Å². The molecule has 0 aromatic heterocycles. The third kappa shape index (κ3) is 1.56. The molecule has 0 N–H and O–H groups in total. The minimum absolute atomic E-state index is 0.0168. The molecule has 0 spiro atoms. The molecule has 0 amide bonds. The van der Waals surface area contributed by atoms with E-state index in [-0.39, 0.29) is 11.2 Å². The quantitative estimate of drug-likeness (QED) is 0.477. The van der Waals surface area contributed by atoms with Crippen molar-refractivity contribution in [2.24, 2.45) is 10.8 Å². The van der Waals surface area contributed by atoms with Crippen molar-refractivity contribution >= 4 is 11.8 Å². The summed E-state index contributed by atoms with van der Waals surface area (Å²) in [5, 5.41) is 0. The van der Waals surface area contributed by atoms with Gasteiger partial charge in [-0.25, -0.2) is 0 Å². The van der Waals surface area contributed by atoms with Crippen LogP contribution in [0.3, 0.4) is 0 Å². The SMILES string of the molecule is COC(=O)[C@@]1(C)CCCC(C)(C)C1=O. The normalized spacial score (nSPS) is 31.3. The third-order valence-corrected chi connectivity index (χ3v) is 3.23. The molecule has 1 rings (SSSR count). The van der Waals surface area contributed by atoms with Crippen LogP contribution in [0.15, 0.2) is 0 Å². The summed E-state index contributed by atoms with van der Waals surface area (Å²) in [6.07, 6.45) is 2.38. The Bertz CT molecular complexity index is 268. The average molecular weight is 198 g/mol. The Hall–Kier alpha value is -0.860. The molecule has 1 aliphatic carbocycles. The Labute approximate surface area is 84.8 Å². The topological polar surface area (TPSA) is 43.4 Å². The fourth-order valence-electron chi connectivity index (χ4n) is 2.28. The van der Waals surface area contributed by atoms with E-state index in [9.17, 15) is 9.59 Å². The summed E-state index contributed by atoms with van der Waals surface area (Å²) in [5.41, 5.74) is -1.31. The van der Waals surface area contributed by atoms with Gasteiger partial charge in [-0.2, -0.15) is 0 Å². The van der Waals surface area contributed by atoms with Crippen molar-refractivity contribution in [1.29, 1.82) is 0 Å². The molecular formula is C11H18O3. The van der Waals surface area contributed by atoms with Gasteiger partial charge in [0, 0.05) is 5.41 Å². The standard InChI is InChI=1S/C11H18O3/c1-10(2)6-5-7-11(3,8(10)12)9(13)14-4/h5-7H2,1-4H3/t11-/m0/s1. The highest BCUT2D eigenvalue weighted by molar-refractivity contribution is 6.06. The van der Waals surface area contributed by atoms with E-state index in [2.05, 4.69) is 0 Å². The first-order chi connectivity index (χ1) is 6.34. The van der Waals surface area contributed by atoms with Crippen LogP contribution in [0.4, 0.5) is 0 Å². The van der Waals surface area contributed by atoms with Crippen molar-refractivity contribution in [2.45, 2.75) is 40.0 Å². The fourth-order valence-corrected chi connectivity index (χ4v) is 2.28. The summed E-state index contributed by atoms with van der Waals surface area (Å²) in [6, 6.07) is 0. The summed E-state index contributed by atoms with van der Waals surface area (Å²) in [5.74, 6) is -0.377. The summed E-state index contributed by atoms with van der Waals surface area (Å²) < 4.78 is 4.70. The second-order valence-electron chi connectivity index (χ2n) is 4.89. The summed E-state index contributed by atoms with van der Waals surface area (Å²) in [7, 11) is 1.34. The second-order valence-corrected chi connectivity index (χ2v) is 4.89. The predicted octanol–water partition coefficient (Wildman–Crippen LogP) is 1.94. The lowest BCUT2D eigenvalue weighted by Crippen LogP contribution is -2.48. The molecule has 1 saturated carbocycles. The second kappa shape index (κ2) is 3.37. The number of hydrogen-bond acceptors (Lipinski definition) is 3. The highest BCUT2D eigenvalue weighted by Gasteiger charge is 2.50. The molecule has 0 saturated heterocycles. The Kier molecular flexibility index (Phi) is 2.70. The van der Waals surface area contributed by atoms with Gasteiger partial charge in [0.1, 0.15) is 5.41 Å². The zero-order chi connectivity index (χ0) is 11.0. The van der Waals surface area contributed by atoms with Gasteiger partial charge in [0.05, 0.1) is 7.11 Å². The van der Waals surface area contributed by atoms with Gasteiger partial charge in [0.25, 0.3) is 0 Å². The van der Waals surface area contributed by atoms with Gasteiger partial charge < -0.3 is 4.74 Å². The molecule has 3 nitrogen and oxygen atoms in total. The molecule has 14 heavy (non-hydrogen) atoms. The van der Waals surface area contributed by atoms with Crippen LogP contribution in [0.2, 0.25) is 0 Å². The lowest BCUT2D eigenvalue weighted by Gasteiger charge is -2.38. The molecule has 0 aromatic rings. The first-order valence-corrected chi connectivity index (χ1v) is 4.98. The van der Waals surface area contributed by atoms with Crippen molar-refractivity contribution in [3.63, 3.8) is 0 Å². The molecule has 1 aliphatic rings. The first kappa shape index (κ1) is 11.2. The Morgan fingerprint density at radius 1 is 1.29 bits per heavy atom. The molecule has 0 heterocycles. The van der Waals surface area contributed by atoms with E-state index >= 15 is 0 Å². The number of methoxy groups -OCH3 is 1. The number of rotatable bonds is 1. The van der Waals surface area contributed by atoms with Crippen LogP contribution >= 0.6 is 0 Å². The number of ether oxygens (including phenoxy) is 1. The molecule has 0 unspecified atom stereocenters. The van der Waals surface area contributed by atoms with Crippen molar-refractivity contribution in [1.82, 2.24) is 0 Å². The number of Topliss-reactive ketones (excluding diaryl/α,β-unsaturated/α-hetero) is 1. The lowest BCUT2D eigenvalue weighted by atomic mass is 9.63. The van der Waals surface area contributed by atoms with Crippen LogP contribution in [-0.2, 0) is 14.3 Å². The minimum atomic E-state index is -0.920. The number of carbonyl (C=O) groups is 2. The van der Waals surface area contributed by atoms with Crippen LogP contribution < -0.4 is 0 Å². The molecular weight excluding hydrogens is 180 g/mol. The predicted molar refractivity (Wildman–Crippen MR) is 52.8 cm³/mol. The molecule has 3 heteroatoms. The van der Waals surface area contributed by atoms with Gasteiger partial charge in [-0.05, 0) is 19.8 Å². The molecule has 1 fully saturated rings. The largest absolute Gasteiger partial charge is 0.468 e. The maximum absolute atomic E-state index is 12.1. The zero-order valence-corrected chi connectivity index (χ0v) is 9.35. The maximum Gasteiger partial charge on any atom is 0.319 e. The van der Waals surface area contributed by atoms with E-state index in [0.717, 1.165) is 12.8 Å². The van der Waals surface area contributed by atoms with Gasteiger partial charge >= 0.3 is 5.97 Å². The van der Waals surface area contributed by atoms with E-state index in [1.807, 2.05) is 13.8 Å². The smallest absolute Gasteiger partial charge is 0.319 e. The van der Waals surface area contributed by atoms with Crippen LogP contribution in [0.5, 0.6) is 0 Å². The van der Waals surface area contributed by atoms with Crippen LogP contribution in [-0.4, -0.2) is 18.9 Å². The average Bonchev–Trinajstić information content (AvgIpc) is 2.12. The number of esters is 1. The monoisotopic (exact) mass is 198 g/mol. The summed E-state index contributed by atoms with van der Waals surface area (Å²) in [6.45, 7) is 5.49. The highest BCUT2D eigenvalue weighted by atomic mass is 16.5. The minimum Gasteiger partial charge on any atom is -0.468 e. The van der Waals surface area contributed by atoms with Crippen LogP contribution in [0.1, 0.15) is 40.0 Å². The van der Waals surface area contributed by atoms with Crippen molar-refractivity contribution in [2.75, 3.05) is 7.11 Å². The molecule has 80 valence electrons. The Morgan fingerprint density at radius 3 is 2.36 bits per heavy atom. The van der Waals surface area contributed by atoms with Gasteiger partial charge in [-0.15, -0.1) is 0 Å². The first-order valence-electron chi connectivity index (χ1n) is 4.98.